The highest BCUT2D eigenvalue weighted by molar-refractivity contribution is 7.47. The third-order valence-corrected chi connectivity index (χ3v) is 11.7. The van der Waals surface area contributed by atoms with Crippen LogP contribution in [0.4, 0.5) is 0 Å². The Kier molecular flexibility index (Phi) is 39.1. The molecule has 0 spiro atoms. The normalized spacial score (nSPS) is 14.8. The van der Waals surface area contributed by atoms with Gasteiger partial charge in [0.05, 0.1) is 26.4 Å². The van der Waals surface area contributed by atoms with Gasteiger partial charge in [0, 0.05) is 25.7 Å². The first kappa shape index (κ1) is 61.1. The zero-order valence-corrected chi connectivity index (χ0v) is 40.5. The summed E-state index contributed by atoms with van der Waals surface area (Å²) in [7, 11) is -9.79. The average molecular weight is 946 g/mol. The fourth-order valence-electron chi connectivity index (χ4n) is 6.06. The van der Waals surface area contributed by atoms with Crippen molar-refractivity contribution in [3.63, 3.8) is 0 Å². The lowest BCUT2D eigenvalue weighted by Crippen LogP contribution is -2.30. The fourth-order valence-corrected chi connectivity index (χ4v) is 7.64. The third kappa shape index (κ3) is 40.1. The maximum Gasteiger partial charge on any atom is 0.472 e. The smallest absolute Gasteiger partial charge is 0.462 e. The monoisotopic (exact) mass is 946 g/mol. The van der Waals surface area contributed by atoms with E-state index in [-0.39, 0.29) is 25.7 Å². The Morgan fingerprint density at radius 2 is 0.762 bits per heavy atom. The molecule has 0 aliphatic rings. The van der Waals surface area contributed by atoms with E-state index >= 15 is 0 Å². The first-order chi connectivity index (χ1) is 30.2. The van der Waals surface area contributed by atoms with Crippen LogP contribution in [-0.2, 0) is 65.4 Å². The Bertz CT molecular complexity index is 1270. The minimum atomic E-state index is -4.91. The highest BCUT2D eigenvalue weighted by Crippen LogP contribution is 2.45. The van der Waals surface area contributed by atoms with Crippen molar-refractivity contribution in [2.45, 2.75) is 212 Å². The van der Waals surface area contributed by atoms with Crippen molar-refractivity contribution in [3.8, 4) is 0 Å². The second-order valence-corrected chi connectivity index (χ2v) is 18.8. The maximum absolute atomic E-state index is 12.7. The van der Waals surface area contributed by atoms with E-state index in [0.717, 1.165) is 64.2 Å². The van der Waals surface area contributed by atoms with Crippen LogP contribution in [0.25, 0.3) is 0 Å². The number of aliphatic hydroxyl groups excluding tert-OH is 1. The lowest BCUT2D eigenvalue weighted by Gasteiger charge is -2.21. The minimum Gasteiger partial charge on any atom is -0.462 e. The lowest BCUT2D eigenvalue weighted by atomic mass is 10.0. The van der Waals surface area contributed by atoms with Crippen molar-refractivity contribution >= 4 is 39.5 Å². The molecule has 0 bridgehead atoms. The second-order valence-electron chi connectivity index (χ2n) is 15.9. The maximum atomic E-state index is 12.7. The molecule has 0 fully saturated rings. The van der Waals surface area contributed by atoms with Gasteiger partial charge in [-0.25, -0.2) is 9.13 Å². The van der Waals surface area contributed by atoms with Gasteiger partial charge in [-0.3, -0.25) is 37.3 Å². The summed E-state index contributed by atoms with van der Waals surface area (Å²) in [5.74, 6) is -2.32. The number of esters is 4. The van der Waals surface area contributed by atoms with Crippen LogP contribution in [-0.4, -0.2) is 96.7 Å². The summed E-state index contributed by atoms with van der Waals surface area (Å²) in [4.78, 5) is 69.3. The summed E-state index contributed by atoms with van der Waals surface area (Å²) in [5.41, 5.74) is 0. The fraction of sp³-hybridized carbons (Fsp3) is 0.886. The van der Waals surface area contributed by atoms with Gasteiger partial charge in [0.1, 0.15) is 19.3 Å². The van der Waals surface area contributed by atoms with Crippen molar-refractivity contribution < 1.29 is 80.2 Å². The molecule has 5 atom stereocenters. The summed E-state index contributed by atoms with van der Waals surface area (Å²) in [6, 6.07) is 0. The van der Waals surface area contributed by atoms with Crippen LogP contribution in [0, 0.1) is 6.92 Å². The molecule has 0 saturated heterocycles. The number of phosphoric ester groups is 2. The predicted octanol–water partition coefficient (Wildman–Crippen LogP) is 9.95. The highest BCUT2D eigenvalue weighted by Gasteiger charge is 2.30. The van der Waals surface area contributed by atoms with E-state index in [1.54, 1.807) is 0 Å². The van der Waals surface area contributed by atoms with Crippen molar-refractivity contribution in [1.82, 2.24) is 0 Å². The molecule has 0 aromatic heterocycles. The number of hydrogen-bond acceptors (Lipinski definition) is 15. The third-order valence-electron chi connectivity index (χ3n) is 9.80. The zero-order chi connectivity index (χ0) is 47.0. The molecule has 372 valence electrons. The van der Waals surface area contributed by atoms with Crippen LogP contribution < -0.4 is 0 Å². The van der Waals surface area contributed by atoms with Crippen LogP contribution in [0.5, 0.6) is 0 Å². The van der Waals surface area contributed by atoms with E-state index in [4.69, 9.17) is 37.0 Å². The van der Waals surface area contributed by atoms with Gasteiger partial charge >= 0.3 is 39.5 Å². The van der Waals surface area contributed by atoms with Crippen LogP contribution in [0.15, 0.2) is 0 Å². The van der Waals surface area contributed by atoms with Gasteiger partial charge in [0.15, 0.2) is 12.2 Å². The summed E-state index contributed by atoms with van der Waals surface area (Å²) < 4.78 is 65.6. The molecular weight excluding hydrogens is 862 g/mol. The van der Waals surface area contributed by atoms with E-state index in [1.807, 2.05) is 6.92 Å². The van der Waals surface area contributed by atoms with Gasteiger partial charge < -0.3 is 40.8 Å². The molecule has 17 nitrogen and oxygen atoms in total. The minimum absolute atomic E-state index is 0.0184. The van der Waals surface area contributed by atoms with Crippen molar-refractivity contribution in [1.29, 1.82) is 0 Å². The van der Waals surface area contributed by atoms with Crippen LogP contribution in [0.3, 0.4) is 0 Å². The van der Waals surface area contributed by atoms with Gasteiger partial charge in [-0.05, 0) is 19.3 Å². The largest absolute Gasteiger partial charge is 0.472 e. The Labute approximate surface area is 377 Å². The molecule has 19 heteroatoms. The van der Waals surface area contributed by atoms with Gasteiger partial charge in [0.25, 0.3) is 0 Å². The molecule has 0 radical (unpaired) electrons. The molecule has 2 unspecified atom stereocenters. The van der Waals surface area contributed by atoms with Gasteiger partial charge in [0.2, 0.25) is 0 Å². The molecule has 0 rings (SSSR count). The molecule has 63 heavy (non-hydrogen) atoms. The number of carbonyl (C=O) groups excluding carboxylic acids is 4. The lowest BCUT2D eigenvalue weighted by molar-refractivity contribution is -0.161. The number of rotatable bonds is 45. The standard InChI is InChI=1S/C44H83O17P2/c1-5-9-12-14-15-16-17-18-19-20-21-22-23-25-28-31-44(49)61-40(35-55-43(48)30-27-24-13-10-6-2)37-59-63(52,53)57-33-38(45)32-56-62(50,51)58-36-39(60-41(46)8-4)34-54-42(47)29-26-11-7-3/h38-40,45H,2,5-37H2,1,3-4H3,(H,50,51)(H,52,53)/q-1/t38-,39+,40+/m0/s1. The summed E-state index contributed by atoms with van der Waals surface area (Å²) >= 11 is 0. The molecule has 0 aliphatic heterocycles. The molecule has 3 N–H and O–H groups in total. The summed E-state index contributed by atoms with van der Waals surface area (Å²) in [6.07, 6.45) is 20.3. The molecule has 0 saturated carbocycles. The van der Waals surface area contributed by atoms with E-state index in [1.165, 1.54) is 71.1 Å². The van der Waals surface area contributed by atoms with E-state index in [2.05, 4.69) is 13.8 Å². The van der Waals surface area contributed by atoms with Crippen molar-refractivity contribution in [2.24, 2.45) is 0 Å². The van der Waals surface area contributed by atoms with Crippen LogP contribution >= 0.6 is 15.6 Å². The first-order valence-electron chi connectivity index (χ1n) is 23.6. The molecule has 0 amide bonds. The topological polar surface area (TPSA) is 237 Å². The Hall–Kier alpha value is -1.94. The number of ether oxygens (including phenoxy) is 4. The van der Waals surface area contributed by atoms with Crippen molar-refractivity contribution in [3.05, 3.63) is 6.92 Å². The van der Waals surface area contributed by atoms with Crippen molar-refractivity contribution in [2.75, 3.05) is 39.6 Å². The Morgan fingerprint density at radius 1 is 0.444 bits per heavy atom. The van der Waals surface area contributed by atoms with E-state index < -0.39 is 97.5 Å². The van der Waals surface area contributed by atoms with Crippen LogP contribution in [0.1, 0.15) is 194 Å². The molecule has 0 aromatic carbocycles. The number of aliphatic hydroxyl groups is 1. The zero-order valence-electron chi connectivity index (χ0n) is 38.7. The first-order valence-corrected chi connectivity index (χ1v) is 26.6. The quantitative estimate of drug-likeness (QED) is 0.0169. The molecule has 0 aliphatic carbocycles. The SMILES string of the molecule is [CH2-]CCCCCCC(=O)OC[C@H](COP(=O)(O)OC[C@@H](O)COP(=O)(O)OC[C@@H](COC(=O)CCCCC)OC(=O)CC)OC(=O)CCCCCCCCCCCCCCCCC. The van der Waals surface area contributed by atoms with Gasteiger partial charge in [-0.2, -0.15) is 6.42 Å². The molecule has 0 aromatic rings. The number of carbonyl (C=O) groups is 4. The number of unbranched alkanes of at least 4 members (excludes halogenated alkanes) is 20. The van der Waals surface area contributed by atoms with E-state index in [9.17, 15) is 43.2 Å². The van der Waals surface area contributed by atoms with Gasteiger partial charge in [-0.15, -0.1) is 0 Å². The number of phosphoric acid groups is 2. The summed E-state index contributed by atoms with van der Waals surface area (Å²) in [6.45, 7) is 5.51. The van der Waals surface area contributed by atoms with Crippen LogP contribution in [0.2, 0.25) is 0 Å². The molecule has 0 heterocycles. The Balaban J connectivity index is 4.86. The molecular formula is C44H83O17P2-. The highest BCUT2D eigenvalue weighted by atomic mass is 31.2. The van der Waals surface area contributed by atoms with Gasteiger partial charge in [-0.1, -0.05) is 143 Å². The second kappa shape index (κ2) is 40.3. The predicted molar refractivity (Wildman–Crippen MR) is 238 cm³/mol. The summed E-state index contributed by atoms with van der Waals surface area (Å²) in [5, 5.41) is 10.2. The van der Waals surface area contributed by atoms with E-state index in [0.29, 0.717) is 19.3 Å². The number of hydrogen-bond donors (Lipinski definition) is 3. The Morgan fingerprint density at radius 3 is 1.16 bits per heavy atom. The average Bonchev–Trinajstić information content (AvgIpc) is 3.25.